The molecule has 0 unspecified atom stereocenters. The number of Topliss-reactive ketones (excluding diaryl/α,β-unsaturated/α-hetero) is 1. The number of carbonyl (C=O) groups is 2. The van der Waals surface area contributed by atoms with Gasteiger partial charge in [0, 0.05) is 19.8 Å². The largest absolute Gasteiger partial charge is 0.463 e. The molecule has 4 nitrogen and oxygen atoms in total. The van der Waals surface area contributed by atoms with Gasteiger partial charge in [0.25, 0.3) is 0 Å². The van der Waals surface area contributed by atoms with E-state index in [-0.39, 0.29) is 18.8 Å². The molecule has 0 fully saturated rings. The Hall–Kier alpha value is -1.42. The summed E-state index contributed by atoms with van der Waals surface area (Å²) in [7, 11) is 0. The molecule has 0 rings (SSSR count). The van der Waals surface area contributed by atoms with Crippen molar-refractivity contribution < 1.29 is 19.4 Å². The maximum absolute atomic E-state index is 11.7. The van der Waals surface area contributed by atoms with Crippen LogP contribution in [0.4, 0.5) is 0 Å². The molecule has 0 bridgehead atoms. The van der Waals surface area contributed by atoms with E-state index < -0.39 is 12.1 Å². The number of hydrogen-bond acceptors (Lipinski definition) is 4. The molecule has 1 atom stereocenters. The molecule has 0 saturated heterocycles. The van der Waals surface area contributed by atoms with Gasteiger partial charge in [-0.1, -0.05) is 63.3 Å². The van der Waals surface area contributed by atoms with Crippen LogP contribution in [-0.2, 0) is 14.3 Å². The van der Waals surface area contributed by atoms with Gasteiger partial charge in [-0.25, -0.2) is 0 Å². The highest BCUT2D eigenvalue weighted by Crippen LogP contribution is 2.10. The van der Waals surface area contributed by atoms with E-state index in [0.717, 1.165) is 32.1 Å². The topological polar surface area (TPSA) is 63.6 Å². The van der Waals surface area contributed by atoms with E-state index in [4.69, 9.17) is 0 Å². The van der Waals surface area contributed by atoms with Crippen molar-refractivity contribution in [3.05, 3.63) is 24.3 Å². The molecule has 0 aliphatic heterocycles. The summed E-state index contributed by atoms with van der Waals surface area (Å²) in [6.45, 7) is 3.42. The first-order valence-electron chi connectivity index (χ1n) is 10.7. The van der Waals surface area contributed by atoms with Crippen LogP contribution in [0.1, 0.15) is 97.3 Å². The molecule has 0 aromatic carbocycles. The maximum Gasteiger partial charge on any atom is 0.302 e. The van der Waals surface area contributed by atoms with Gasteiger partial charge in [-0.05, 0) is 38.5 Å². The lowest BCUT2D eigenvalue weighted by molar-refractivity contribution is -0.145. The molecule has 0 aliphatic rings. The molecule has 0 aromatic rings. The van der Waals surface area contributed by atoms with Crippen molar-refractivity contribution in [1.82, 2.24) is 0 Å². The Kier molecular flexibility index (Phi) is 18.3. The minimum atomic E-state index is -0.876. The monoisotopic (exact) mass is 380 g/mol. The van der Waals surface area contributed by atoms with Gasteiger partial charge in [0.2, 0.25) is 0 Å². The summed E-state index contributed by atoms with van der Waals surface area (Å²) in [5.41, 5.74) is 0. The Bertz CT molecular complexity index is 426. The molecular weight excluding hydrogens is 340 g/mol. The number of aliphatic hydroxyl groups excluding tert-OH is 1. The number of ketones is 1. The maximum atomic E-state index is 11.7. The normalized spacial score (nSPS) is 12.7. The first kappa shape index (κ1) is 25.6. The van der Waals surface area contributed by atoms with Crippen LogP contribution in [0.5, 0.6) is 0 Å². The van der Waals surface area contributed by atoms with Crippen molar-refractivity contribution in [3.63, 3.8) is 0 Å². The summed E-state index contributed by atoms with van der Waals surface area (Å²) in [5, 5.41) is 9.59. The smallest absolute Gasteiger partial charge is 0.302 e. The molecule has 27 heavy (non-hydrogen) atoms. The molecule has 0 aromatic heterocycles. The van der Waals surface area contributed by atoms with E-state index in [2.05, 4.69) is 36.0 Å². The number of allylic oxidation sites excluding steroid dienone is 4. The molecule has 4 heteroatoms. The number of ether oxygens (including phenoxy) is 1. The van der Waals surface area contributed by atoms with Crippen molar-refractivity contribution in [2.24, 2.45) is 0 Å². The van der Waals surface area contributed by atoms with Gasteiger partial charge in [-0.3, -0.25) is 9.59 Å². The number of carbonyl (C=O) groups excluding carboxylic acids is 2. The van der Waals surface area contributed by atoms with Crippen molar-refractivity contribution >= 4 is 11.8 Å². The first-order valence-corrected chi connectivity index (χ1v) is 10.7. The second-order valence-corrected chi connectivity index (χ2v) is 7.18. The third-order valence-electron chi connectivity index (χ3n) is 4.35. The number of unbranched alkanes of at least 4 members (excludes halogenated alkanes) is 8. The lowest BCUT2D eigenvalue weighted by Crippen LogP contribution is -2.20. The highest BCUT2D eigenvalue weighted by atomic mass is 16.5. The zero-order valence-electron chi connectivity index (χ0n) is 17.5. The fraction of sp³-hybridized carbons (Fsp3) is 0.739. The molecule has 0 aliphatic carbocycles. The quantitative estimate of drug-likeness (QED) is 0.189. The van der Waals surface area contributed by atoms with Crippen molar-refractivity contribution in [3.8, 4) is 0 Å². The highest BCUT2D eigenvalue weighted by molar-refractivity contribution is 5.78. The van der Waals surface area contributed by atoms with E-state index in [9.17, 15) is 14.7 Å². The second kappa shape index (κ2) is 19.3. The van der Waals surface area contributed by atoms with Crippen LogP contribution < -0.4 is 0 Å². The predicted molar refractivity (Wildman–Crippen MR) is 112 cm³/mol. The van der Waals surface area contributed by atoms with Gasteiger partial charge >= 0.3 is 5.97 Å². The fourth-order valence-electron chi connectivity index (χ4n) is 2.77. The van der Waals surface area contributed by atoms with Gasteiger partial charge in [0.1, 0.15) is 12.4 Å². The SMILES string of the molecule is CCCCC/C=C\C/C=C\CCCCCCCC(=O)C[C@@H](O)COC(C)=O. The zero-order valence-corrected chi connectivity index (χ0v) is 17.5. The molecule has 0 spiro atoms. The molecule has 156 valence electrons. The minimum Gasteiger partial charge on any atom is -0.463 e. The third kappa shape index (κ3) is 20.7. The Morgan fingerprint density at radius 1 is 0.889 bits per heavy atom. The van der Waals surface area contributed by atoms with E-state index >= 15 is 0 Å². The number of aliphatic hydroxyl groups is 1. The Labute approximate surface area is 166 Å². The Morgan fingerprint density at radius 2 is 1.48 bits per heavy atom. The van der Waals surface area contributed by atoms with Crippen LogP contribution in [0.15, 0.2) is 24.3 Å². The molecule has 0 radical (unpaired) electrons. The van der Waals surface area contributed by atoms with E-state index in [1.165, 1.54) is 45.4 Å². The molecule has 0 amide bonds. The van der Waals surface area contributed by atoms with Crippen LogP contribution in [-0.4, -0.2) is 29.6 Å². The van der Waals surface area contributed by atoms with Crippen LogP contribution in [0, 0.1) is 0 Å². The third-order valence-corrected chi connectivity index (χ3v) is 4.35. The lowest BCUT2D eigenvalue weighted by Gasteiger charge is -2.09. The van der Waals surface area contributed by atoms with Crippen LogP contribution in [0.2, 0.25) is 0 Å². The van der Waals surface area contributed by atoms with Crippen LogP contribution >= 0.6 is 0 Å². The van der Waals surface area contributed by atoms with Gasteiger partial charge < -0.3 is 9.84 Å². The lowest BCUT2D eigenvalue weighted by atomic mass is 10.0. The van der Waals surface area contributed by atoms with Gasteiger partial charge in [-0.15, -0.1) is 0 Å². The van der Waals surface area contributed by atoms with Crippen LogP contribution in [0.3, 0.4) is 0 Å². The molecule has 0 heterocycles. The summed E-state index contributed by atoms with van der Waals surface area (Å²) < 4.78 is 4.69. The van der Waals surface area contributed by atoms with Crippen LogP contribution in [0.25, 0.3) is 0 Å². The molecule has 1 N–H and O–H groups in total. The summed E-state index contributed by atoms with van der Waals surface area (Å²) in [5.74, 6) is -0.393. The van der Waals surface area contributed by atoms with Crippen molar-refractivity contribution in [2.75, 3.05) is 6.61 Å². The summed E-state index contributed by atoms with van der Waals surface area (Å²) in [4.78, 5) is 22.4. The second-order valence-electron chi connectivity index (χ2n) is 7.18. The van der Waals surface area contributed by atoms with E-state index in [1.807, 2.05) is 0 Å². The minimum absolute atomic E-state index is 0.0420. The highest BCUT2D eigenvalue weighted by Gasteiger charge is 2.11. The summed E-state index contributed by atoms with van der Waals surface area (Å²) >= 11 is 0. The van der Waals surface area contributed by atoms with E-state index in [1.54, 1.807) is 0 Å². The Balaban J connectivity index is 3.40. The van der Waals surface area contributed by atoms with Gasteiger partial charge in [0.05, 0.1) is 6.10 Å². The van der Waals surface area contributed by atoms with Crippen molar-refractivity contribution in [1.29, 1.82) is 0 Å². The molecule has 0 saturated carbocycles. The van der Waals surface area contributed by atoms with E-state index in [0.29, 0.717) is 6.42 Å². The number of rotatable bonds is 18. The fourth-order valence-corrected chi connectivity index (χ4v) is 2.77. The average Bonchev–Trinajstić information content (AvgIpc) is 2.63. The average molecular weight is 381 g/mol. The zero-order chi connectivity index (χ0) is 20.2. The number of esters is 1. The van der Waals surface area contributed by atoms with Crippen molar-refractivity contribution in [2.45, 2.75) is 103 Å². The first-order chi connectivity index (χ1) is 13.1. The summed E-state index contributed by atoms with van der Waals surface area (Å²) in [6.07, 6.45) is 21.5. The van der Waals surface area contributed by atoms with Gasteiger partial charge in [0.15, 0.2) is 0 Å². The number of hydrogen-bond donors (Lipinski definition) is 1. The Morgan fingerprint density at radius 3 is 2.11 bits per heavy atom. The standard InChI is InChI=1S/C23H40O4/c1-3-4-5-6-7-8-9-10-11-12-13-14-15-16-17-18-22(25)19-23(26)20-27-21(2)24/h7-8,10-11,23,26H,3-6,9,12-20H2,1-2H3/b8-7-,11-10-/t23-/m1/s1. The predicted octanol–water partition coefficient (Wildman–Crippen LogP) is 5.68. The van der Waals surface area contributed by atoms with Gasteiger partial charge in [-0.2, -0.15) is 0 Å². The summed E-state index contributed by atoms with van der Waals surface area (Å²) in [6, 6.07) is 0. The molecular formula is C23H40O4.